The number of hydrogen-bond acceptors (Lipinski definition) is 3. The summed E-state index contributed by atoms with van der Waals surface area (Å²) in [6.07, 6.45) is -10.1. The van der Waals surface area contributed by atoms with Crippen molar-refractivity contribution >= 4 is 33.4 Å². The maximum Gasteiger partial charge on any atom is 0.416 e. The van der Waals surface area contributed by atoms with Crippen molar-refractivity contribution in [1.82, 2.24) is 4.98 Å². The van der Waals surface area contributed by atoms with Crippen LogP contribution in [0.15, 0.2) is 65.5 Å². The number of rotatable bonds is 4. The van der Waals surface area contributed by atoms with Crippen LogP contribution in [0.1, 0.15) is 11.1 Å². The topological polar surface area (TPSA) is 71.2 Å². The molecule has 0 atom stereocenters. The summed E-state index contributed by atoms with van der Waals surface area (Å²) in [5.41, 5.74) is -2.92. The summed E-state index contributed by atoms with van der Waals surface area (Å²) in [6, 6.07) is 12.0. The fourth-order valence-electron chi connectivity index (χ4n) is 3.36. The lowest BCUT2D eigenvalue weighted by atomic mass is 10.1. The maximum atomic E-state index is 13.0. The molecule has 2 N–H and O–H groups in total. The molecule has 0 saturated heterocycles. The third kappa shape index (κ3) is 4.82. The minimum atomic E-state index is -5.04. The number of halogens is 6. The highest BCUT2D eigenvalue weighted by molar-refractivity contribution is 5.94. The molecular formula is C23H14F6N2O3. The molecular weight excluding hydrogens is 466 g/mol. The van der Waals surface area contributed by atoms with E-state index in [2.05, 4.69) is 4.98 Å². The van der Waals surface area contributed by atoms with Gasteiger partial charge in [0.15, 0.2) is 12.0 Å². The van der Waals surface area contributed by atoms with Crippen LogP contribution in [0.3, 0.4) is 0 Å². The second-order valence-electron chi connectivity index (χ2n) is 7.34. The Kier molecular flexibility index (Phi) is 5.72. The standard InChI is InChI=1S/C23H14F6N2O3/c24-22(25,26)12-7-13(23(27,28)29)9-14(8-12)30-20(32)11-34-15-5-6-19-17(10-15)21(33)16-3-1-2-4-18(16)31-19/h1-10H,11H2,(H,30,32)(H,31,33). The minimum Gasteiger partial charge on any atom is -0.484 e. The fourth-order valence-corrected chi connectivity index (χ4v) is 3.36. The number of hydrogen-bond donors (Lipinski definition) is 2. The SMILES string of the molecule is O=C(COc1ccc2[nH]c3ccccc3c(=O)c2c1)Nc1cc(C(F)(F)F)cc(C(F)(F)F)c1. The van der Waals surface area contributed by atoms with Crippen molar-refractivity contribution < 1.29 is 35.9 Å². The summed E-state index contributed by atoms with van der Waals surface area (Å²) < 4.78 is 83.1. The molecule has 1 amide bonds. The number of nitrogens with one attached hydrogen (secondary N) is 2. The summed E-state index contributed by atoms with van der Waals surface area (Å²) in [7, 11) is 0. The van der Waals surface area contributed by atoms with E-state index in [1.807, 2.05) is 5.32 Å². The Balaban J connectivity index is 1.53. The van der Waals surface area contributed by atoms with E-state index in [9.17, 15) is 35.9 Å². The summed E-state index contributed by atoms with van der Waals surface area (Å²) >= 11 is 0. The van der Waals surface area contributed by atoms with Crippen LogP contribution in [0.2, 0.25) is 0 Å². The van der Waals surface area contributed by atoms with Crippen LogP contribution in [-0.4, -0.2) is 17.5 Å². The van der Waals surface area contributed by atoms with Gasteiger partial charge >= 0.3 is 12.4 Å². The number of benzene rings is 3. The number of fused-ring (bicyclic) bond motifs is 2. The van der Waals surface area contributed by atoms with Crippen molar-refractivity contribution in [1.29, 1.82) is 0 Å². The molecule has 34 heavy (non-hydrogen) atoms. The van der Waals surface area contributed by atoms with Crippen molar-refractivity contribution in [2.75, 3.05) is 11.9 Å². The molecule has 4 rings (SSSR count). The molecule has 0 aliphatic heterocycles. The van der Waals surface area contributed by atoms with Crippen LogP contribution in [0, 0.1) is 0 Å². The molecule has 0 bridgehead atoms. The number of carbonyl (C=O) groups is 1. The van der Waals surface area contributed by atoms with Gasteiger partial charge in [0.05, 0.1) is 16.6 Å². The number of ether oxygens (including phenoxy) is 1. The molecule has 4 aromatic rings. The molecule has 0 spiro atoms. The van der Waals surface area contributed by atoms with Crippen LogP contribution in [0.4, 0.5) is 32.0 Å². The molecule has 3 aromatic carbocycles. The Morgan fingerprint density at radius 1 is 0.824 bits per heavy atom. The molecule has 1 aromatic heterocycles. The predicted molar refractivity (Wildman–Crippen MR) is 113 cm³/mol. The van der Waals surface area contributed by atoms with Gasteiger partial charge in [-0.1, -0.05) is 12.1 Å². The molecule has 11 heteroatoms. The maximum absolute atomic E-state index is 13.0. The molecule has 5 nitrogen and oxygen atoms in total. The lowest BCUT2D eigenvalue weighted by Gasteiger charge is -2.15. The first-order valence-electron chi connectivity index (χ1n) is 9.69. The average Bonchev–Trinajstić information content (AvgIpc) is 2.77. The molecule has 0 aliphatic rings. The Labute approximate surface area is 187 Å². The average molecular weight is 480 g/mol. The molecule has 0 aliphatic carbocycles. The number of carbonyl (C=O) groups excluding carboxylic acids is 1. The van der Waals surface area contributed by atoms with E-state index in [-0.39, 0.29) is 22.6 Å². The zero-order chi connectivity index (χ0) is 24.7. The first-order valence-corrected chi connectivity index (χ1v) is 9.69. The van der Waals surface area contributed by atoms with Crippen LogP contribution in [0.5, 0.6) is 5.75 Å². The van der Waals surface area contributed by atoms with Gasteiger partial charge in [-0.25, -0.2) is 0 Å². The minimum absolute atomic E-state index is 0.0392. The number of pyridine rings is 1. The largest absolute Gasteiger partial charge is 0.484 e. The zero-order valence-corrected chi connectivity index (χ0v) is 17.0. The number of para-hydroxylation sites is 1. The number of H-pyrrole nitrogens is 1. The molecule has 0 unspecified atom stereocenters. The monoisotopic (exact) mass is 480 g/mol. The summed E-state index contributed by atoms with van der Waals surface area (Å²) in [5.74, 6) is -0.872. The van der Waals surface area contributed by atoms with Crippen LogP contribution < -0.4 is 15.5 Å². The van der Waals surface area contributed by atoms with Crippen LogP contribution >= 0.6 is 0 Å². The fraction of sp³-hybridized carbons (Fsp3) is 0.130. The number of aromatic nitrogens is 1. The predicted octanol–water partition coefficient (Wildman–Crippen LogP) is 5.74. The first kappa shape index (κ1) is 23.1. The van der Waals surface area contributed by atoms with Gasteiger partial charge in [0.1, 0.15) is 5.75 Å². The van der Waals surface area contributed by atoms with Gasteiger partial charge in [0, 0.05) is 22.0 Å². The lowest BCUT2D eigenvalue weighted by molar-refractivity contribution is -0.143. The van der Waals surface area contributed by atoms with E-state index < -0.39 is 41.7 Å². The Morgan fingerprint density at radius 3 is 2.09 bits per heavy atom. The molecule has 0 fully saturated rings. The Morgan fingerprint density at radius 2 is 1.44 bits per heavy atom. The van der Waals surface area contributed by atoms with Gasteiger partial charge in [-0.15, -0.1) is 0 Å². The molecule has 0 radical (unpaired) electrons. The van der Waals surface area contributed by atoms with Crippen molar-refractivity contribution in [2.24, 2.45) is 0 Å². The van der Waals surface area contributed by atoms with Crippen LogP contribution in [-0.2, 0) is 17.1 Å². The van der Waals surface area contributed by atoms with Crippen molar-refractivity contribution in [2.45, 2.75) is 12.4 Å². The van der Waals surface area contributed by atoms with Gasteiger partial charge in [0.25, 0.3) is 5.91 Å². The van der Waals surface area contributed by atoms with Gasteiger partial charge in [-0.3, -0.25) is 9.59 Å². The quantitative estimate of drug-likeness (QED) is 0.289. The van der Waals surface area contributed by atoms with Gasteiger partial charge in [0.2, 0.25) is 0 Å². The summed E-state index contributed by atoms with van der Waals surface area (Å²) in [5, 5.41) is 2.70. The summed E-state index contributed by atoms with van der Waals surface area (Å²) in [4.78, 5) is 27.9. The van der Waals surface area contributed by atoms with Crippen LogP contribution in [0.25, 0.3) is 21.8 Å². The highest BCUT2D eigenvalue weighted by Crippen LogP contribution is 2.37. The Bertz CT molecular complexity index is 1430. The highest BCUT2D eigenvalue weighted by Gasteiger charge is 2.37. The zero-order valence-electron chi connectivity index (χ0n) is 17.0. The number of aromatic amines is 1. The lowest BCUT2D eigenvalue weighted by Crippen LogP contribution is -2.21. The third-order valence-corrected chi connectivity index (χ3v) is 4.92. The number of anilines is 1. The second kappa shape index (κ2) is 8.40. The highest BCUT2D eigenvalue weighted by atomic mass is 19.4. The van der Waals surface area contributed by atoms with E-state index in [1.165, 1.54) is 12.1 Å². The van der Waals surface area contributed by atoms with Crippen molar-refractivity contribution in [3.8, 4) is 5.75 Å². The smallest absolute Gasteiger partial charge is 0.416 e. The first-order chi connectivity index (χ1) is 15.9. The van der Waals surface area contributed by atoms with Crippen molar-refractivity contribution in [3.63, 3.8) is 0 Å². The van der Waals surface area contributed by atoms with E-state index in [1.54, 1.807) is 30.3 Å². The van der Waals surface area contributed by atoms with E-state index in [4.69, 9.17) is 4.74 Å². The number of amides is 1. The molecule has 0 saturated carbocycles. The molecule has 176 valence electrons. The van der Waals surface area contributed by atoms with E-state index >= 15 is 0 Å². The van der Waals surface area contributed by atoms with Crippen molar-refractivity contribution in [3.05, 3.63) is 82.0 Å². The summed E-state index contributed by atoms with van der Waals surface area (Å²) in [6.45, 7) is -0.714. The van der Waals surface area contributed by atoms with Gasteiger partial charge in [-0.2, -0.15) is 26.3 Å². The Hall–Kier alpha value is -4.02. The van der Waals surface area contributed by atoms with E-state index in [0.717, 1.165) is 0 Å². The molecule has 1 heterocycles. The third-order valence-electron chi connectivity index (χ3n) is 4.92. The normalized spacial score (nSPS) is 12.2. The number of alkyl halides is 6. The van der Waals surface area contributed by atoms with Gasteiger partial charge < -0.3 is 15.0 Å². The van der Waals surface area contributed by atoms with E-state index in [0.29, 0.717) is 28.6 Å². The van der Waals surface area contributed by atoms with Gasteiger partial charge in [-0.05, 0) is 48.5 Å². The second-order valence-corrected chi connectivity index (χ2v) is 7.34.